The van der Waals surface area contributed by atoms with E-state index in [0.717, 1.165) is 11.1 Å². The summed E-state index contributed by atoms with van der Waals surface area (Å²) in [7, 11) is 0. The summed E-state index contributed by atoms with van der Waals surface area (Å²) in [5, 5.41) is 18.1. The van der Waals surface area contributed by atoms with E-state index in [9.17, 15) is 14.7 Å². The Balaban J connectivity index is 1.66. The van der Waals surface area contributed by atoms with E-state index in [2.05, 4.69) is 31.4 Å². The van der Waals surface area contributed by atoms with Crippen molar-refractivity contribution >= 4 is 40.6 Å². The summed E-state index contributed by atoms with van der Waals surface area (Å²) < 4.78 is 0. The number of nitrogens with one attached hydrogen (secondary N) is 2. The van der Waals surface area contributed by atoms with Gasteiger partial charge in [0.15, 0.2) is 5.78 Å². The van der Waals surface area contributed by atoms with Crippen LogP contribution in [0.4, 0.5) is 5.69 Å². The van der Waals surface area contributed by atoms with Crippen LogP contribution in [0.1, 0.15) is 70.4 Å². The Morgan fingerprint density at radius 1 is 1.11 bits per heavy atom. The Hall–Kier alpha value is -1.92. The van der Waals surface area contributed by atoms with Gasteiger partial charge < -0.3 is 15.7 Å². The van der Waals surface area contributed by atoms with Crippen molar-refractivity contribution in [3.63, 3.8) is 0 Å². The molecule has 1 saturated carbocycles. The van der Waals surface area contributed by atoms with Gasteiger partial charge in [0.1, 0.15) is 5.41 Å². The number of fused-ring (bicyclic) bond motifs is 2. The summed E-state index contributed by atoms with van der Waals surface area (Å²) in [6.07, 6.45) is 2.30. The summed E-state index contributed by atoms with van der Waals surface area (Å²) in [6, 6.07) is 12.2. The number of ketones is 1. The van der Waals surface area contributed by atoms with Crippen molar-refractivity contribution in [2.24, 2.45) is 11.3 Å². The van der Waals surface area contributed by atoms with E-state index in [1.165, 1.54) is 0 Å². The Kier molecular flexibility index (Phi) is 6.31. The maximum atomic E-state index is 14.1. The Labute approximate surface area is 222 Å². The van der Waals surface area contributed by atoms with Crippen LogP contribution in [0.5, 0.6) is 0 Å². The number of halogens is 2. The molecule has 2 aromatic rings. The minimum atomic E-state index is -0.997. The van der Waals surface area contributed by atoms with E-state index in [4.69, 9.17) is 23.2 Å². The van der Waals surface area contributed by atoms with Gasteiger partial charge in [0.05, 0.1) is 11.6 Å². The maximum Gasteiger partial charge on any atom is 0.237 e. The quantitative estimate of drug-likeness (QED) is 0.453. The van der Waals surface area contributed by atoms with Crippen molar-refractivity contribution in [1.29, 1.82) is 0 Å². The van der Waals surface area contributed by atoms with Gasteiger partial charge in [-0.15, -0.1) is 0 Å². The zero-order chi connectivity index (χ0) is 26.0. The van der Waals surface area contributed by atoms with E-state index in [1.807, 2.05) is 43.3 Å². The van der Waals surface area contributed by atoms with Gasteiger partial charge >= 0.3 is 0 Å². The standard InChI is InChI=1S/C29H34Cl2N2O3/c1-27(2,3)15-23-29(20-9-8-19(31)12-21(20)32-26(29)35)24(17-6-5-7-18(30)11-17)25(33-23)22(34)10-16-13-28(4,36)14-16/h5-9,11-12,16,23-25,33,36H,10,13-15H2,1-4H3,(H,32,35)/t16?,23-,24+,25+,28?,29+/m1/s1. The van der Waals surface area contributed by atoms with Gasteiger partial charge in [0.2, 0.25) is 5.91 Å². The normalized spacial score (nSPS) is 33.4. The molecule has 1 saturated heterocycles. The van der Waals surface area contributed by atoms with Crippen LogP contribution in [0.3, 0.4) is 0 Å². The molecule has 0 unspecified atom stereocenters. The maximum absolute atomic E-state index is 14.1. The molecule has 36 heavy (non-hydrogen) atoms. The van der Waals surface area contributed by atoms with Crippen LogP contribution in [-0.2, 0) is 15.0 Å². The number of Topliss-reactive ketones (excluding diaryl/α,β-unsaturated/α-hetero) is 1. The zero-order valence-corrected chi connectivity index (χ0v) is 22.7. The van der Waals surface area contributed by atoms with Gasteiger partial charge in [-0.3, -0.25) is 9.59 Å². The topological polar surface area (TPSA) is 78.4 Å². The minimum Gasteiger partial charge on any atom is -0.390 e. The molecule has 7 heteroatoms. The van der Waals surface area contributed by atoms with E-state index >= 15 is 0 Å². The number of carbonyl (C=O) groups excluding carboxylic acids is 2. The number of anilines is 1. The summed E-state index contributed by atoms with van der Waals surface area (Å²) in [6.45, 7) is 8.27. The predicted octanol–water partition coefficient (Wildman–Crippen LogP) is 5.86. The van der Waals surface area contributed by atoms with Crippen LogP contribution >= 0.6 is 23.2 Å². The molecule has 0 radical (unpaired) electrons. The molecule has 5 nitrogen and oxygen atoms in total. The Bertz CT molecular complexity index is 1210. The van der Waals surface area contributed by atoms with Gasteiger partial charge in [-0.1, -0.05) is 62.2 Å². The zero-order valence-electron chi connectivity index (χ0n) is 21.2. The molecule has 2 aromatic carbocycles. The SMILES string of the molecule is CC(C)(C)C[C@H]1N[C@@H](C(=O)CC2CC(C)(O)C2)[C@H](c2cccc(Cl)c2)[C@@]12C(=O)Nc1cc(Cl)ccc12. The second kappa shape index (κ2) is 8.83. The Morgan fingerprint density at radius 3 is 2.44 bits per heavy atom. The Morgan fingerprint density at radius 2 is 1.81 bits per heavy atom. The van der Waals surface area contributed by atoms with Gasteiger partial charge in [-0.05, 0) is 72.9 Å². The molecular weight excluding hydrogens is 495 g/mol. The van der Waals surface area contributed by atoms with E-state index in [0.29, 0.717) is 41.4 Å². The number of aliphatic hydroxyl groups is 1. The minimum absolute atomic E-state index is 0.0754. The molecule has 2 fully saturated rings. The third kappa shape index (κ3) is 4.38. The van der Waals surface area contributed by atoms with Crippen LogP contribution in [0.15, 0.2) is 42.5 Å². The van der Waals surface area contributed by atoms with Crippen molar-refractivity contribution in [1.82, 2.24) is 5.32 Å². The van der Waals surface area contributed by atoms with E-state index in [1.54, 1.807) is 6.07 Å². The van der Waals surface area contributed by atoms with Crippen LogP contribution in [0.25, 0.3) is 0 Å². The molecule has 0 aromatic heterocycles. The third-order valence-electron chi connectivity index (χ3n) is 8.12. The monoisotopic (exact) mass is 528 g/mol. The largest absolute Gasteiger partial charge is 0.390 e. The first kappa shape index (κ1) is 25.7. The van der Waals surface area contributed by atoms with Crippen molar-refractivity contribution in [3.05, 3.63) is 63.6 Å². The molecule has 3 N–H and O–H groups in total. The van der Waals surface area contributed by atoms with Gasteiger partial charge in [-0.2, -0.15) is 0 Å². The molecule has 1 spiro atoms. The smallest absolute Gasteiger partial charge is 0.237 e. The molecule has 4 atom stereocenters. The molecule has 1 aliphatic carbocycles. The van der Waals surface area contributed by atoms with E-state index < -0.39 is 23.0 Å². The molecule has 2 aliphatic heterocycles. The number of benzene rings is 2. The number of hydrogen-bond donors (Lipinski definition) is 3. The van der Waals surface area contributed by atoms with Gasteiger partial charge in [-0.25, -0.2) is 0 Å². The van der Waals surface area contributed by atoms with Crippen LogP contribution < -0.4 is 10.6 Å². The fraction of sp³-hybridized carbons (Fsp3) is 0.517. The third-order valence-corrected chi connectivity index (χ3v) is 8.59. The lowest BCUT2D eigenvalue weighted by Gasteiger charge is -2.41. The molecule has 5 rings (SSSR count). The van der Waals surface area contributed by atoms with Crippen molar-refractivity contribution in [2.45, 2.75) is 82.4 Å². The lowest BCUT2D eigenvalue weighted by Crippen LogP contribution is -2.49. The van der Waals surface area contributed by atoms with E-state index in [-0.39, 0.29) is 29.1 Å². The summed E-state index contributed by atoms with van der Waals surface area (Å²) in [5.74, 6) is -0.339. The van der Waals surface area contributed by atoms with Crippen LogP contribution in [0.2, 0.25) is 10.0 Å². The van der Waals surface area contributed by atoms with Crippen molar-refractivity contribution < 1.29 is 14.7 Å². The first-order chi connectivity index (χ1) is 16.8. The van der Waals surface area contributed by atoms with Crippen LogP contribution in [0, 0.1) is 11.3 Å². The lowest BCUT2D eigenvalue weighted by atomic mass is 9.61. The highest BCUT2D eigenvalue weighted by molar-refractivity contribution is 6.31. The average molecular weight is 530 g/mol. The second-order valence-corrected chi connectivity index (χ2v) is 13.3. The lowest BCUT2D eigenvalue weighted by molar-refractivity contribution is -0.126. The summed E-state index contributed by atoms with van der Waals surface area (Å²) in [5.41, 5.74) is 0.643. The number of amides is 1. The molecular formula is C29H34Cl2N2O3. The summed E-state index contributed by atoms with van der Waals surface area (Å²) >= 11 is 12.7. The highest BCUT2D eigenvalue weighted by atomic mass is 35.5. The van der Waals surface area contributed by atoms with Gasteiger partial charge in [0, 0.05) is 34.1 Å². The predicted molar refractivity (Wildman–Crippen MR) is 144 cm³/mol. The average Bonchev–Trinajstić information content (AvgIpc) is 3.21. The van der Waals surface area contributed by atoms with Crippen molar-refractivity contribution in [2.75, 3.05) is 5.32 Å². The number of rotatable bonds is 5. The molecule has 2 heterocycles. The first-order valence-corrected chi connectivity index (χ1v) is 13.4. The molecule has 192 valence electrons. The second-order valence-electron chi connectivity index (χ2n) is 12.4. The molecule has 0 bridgehead atoms. The molecule has 1 amide bonds. The number of carbonyl (C=O) groups is 2. The summed E-state index contributed by atoms with van der Waals surface area (Å²) in [4.78, 5) is 28.0. The molecule has 3 aliphatic rings. The highest BCUT2D eigenvalue weighted by Crippen LogP contribution is 2.57. The first-order valence-electron chi connectivity index (χ1n) is 12.7. The fourth-order valence-corrected chi connectivity index (χ4v) is 7.28. The fourth-order valence-electron chi connectivity index (χ4n) is 6.91. The van der Waals surface area contributed by atoms with Crippen molar-refractivity contribution in [3.8, 4) is 0 Å². The van der Waals surface area contributed by atoms with Crippen LogP contribution in [-0.4, -0.2) is 34.5 Å². The number of hydrogen-bond acceptors (Lipinski definition) is 4. The van der Waals surface area contributed by atoms with Gasteiger partial charge in [0.25, 0.3) is 0 Å². The highest BCUT2D eigenvalue weighted by Gasteiger charge is 2.65.